The number of benzene rings is 1. The number of hydrogen-bond donors (Lipinski definition) is 2. The van der Waals surface area contributed by atoms with E-state index in [1.165, 1.54) is 11.3 Å². The summed E-state index contributed by atoms with van der Waals surface area (Å²) >= 11 is 5.88. The molecular formula is C18H20ClN7O. The van der Waals surface area contributed by atoms with Crippen molar-refractivity contribution in [2.45, 2.75) is 33.2 Å². The highest BCUT2D eigenvalue weighted by molar-refractivity contribution is 6.30. The van der Waals surface area contributed by atoms with Crippen molar-refractivity contribution in [3.8, 4) is 6.19 Å². The first-order chi connectivity index (χ1) is 12.8. The SMILES string of the molecule is CC(C)(C)C(NC(=O)c1ccc(Cl)cc1)NC1N(C#N)N1c1cncnc1. The number of anilines is 1. The largest absolute Gasteiger partial charge is 0.336 e. The lowest BCUT2D eigenvalue weighted by Crippen LogP contribution is -2.55. The number of halogens is 1. The Balaban J connectivity index is 1.73. The number of rotatable bonds is 5. The lowest BCUT2D eigenvalue weighted by Gasteiger charge is -2.31. The molecule has 1 aromatic heterocycles. The number of hydrazine groups is 1. The van der Waals surface area contributed by atoms with Gasteiger partial charge in [0.2, 0.25) is 12.5 Å². The van der Waals surface area contributed by atoms with Gasteiger partial charge in [0, 0.05) is 10.6 Å². The standard InChI is InChI=1S/C18H20ClN7O/c1-18(2,3)16(23-15(27)12-4-6-13(19)7-5-12)24-17-25(10-20)26(17)14-8-21-11-22-9-14/h4-9,11,16-17,24H,1-3H3,(H,23,27). The van der Waals surface area contributed by atoms with Crippen LogP contribution < -0.4 is 15.6 Å². The molecule has 1 fully saturated rings. The van der Waals surface area contributed by atoms with Crippen LogP contribution in [0.1, 0.15) is 31.1 Å². The Hall–Kier alpha value is -2.89. The van der Waals surface area contributed by atoms with Crippen molar-refractivity contribution >= 4 is 23.2 Å². The summed E-state index contributed by atoms with van der Waals surface area (Å²) in [5, 5.41) is 19.4. The summed E-state index contributed by atoms with van der Waals surface area (Å²) in [6.45, 7) is 6.01. The van der Waals surface area contributed by atoms with E-state index in [1.807, 2.05) is 20.8 Å². The van der Waals surface area contributed by atoms with Gasteiger partial charge in [-0.25, -0.2) is 15.0 Å². The van der Waals surface area contributed by atoms with Crippen LogP contribution in [0.3, 0.4) is 0 Å². The van der Waals surface area contributed by atoms with E-state index in [4.69, 9.17) is 11.6 Å². The topological polar surface area (TPSA) is 96.7 Å². The Labute approximate surface area is 162 Å². The Bertz CT molecular complexity index is 845. The first-order valence-electron chi connectivity index (χ1n) is 8.37. The maximum absolute atomic E-state index is 12.6. The van der Waals surface area contributed by atoms with Crippen LogP contribution in [0.4, 0.5) is 5.69 Å². The fourth-order valence-electron chi connectivity index (χ4n) is 2.56. The average molecular weight is 386 g/mol. The van der Waals surface area contributed by atoms with E-state index in [0.717, 1.165) is 0 Å². The molecule has 1 saturated heterocycles. The maximum atomic E-state index is 12.6. The van der Waals surface area contributed by atoms with Crippen molar-refractivity contribution in [1.29, 1.82) is 5.26 Å². The van der Waals surface area contributed by atoms with E-state index in [1.54, 1.807) is 41.7 Å². The summed E-state index contributed by atoms with van der Waals surface area (Å²) in [6.07, 6.45) is 5.99. The van der Waals surface area contributed by atoms with Gasteiger partial charge in [-0.3, -0.25) is 10.1 Å². The minimum Gasteiger partial charge on any atom is -0.336 e. The van der Waals surface area contributed by atoms with Crippen molar-refractivity contribution in [3.05, 3.63) is 53.6 Å². The molecular weight excluding hydrogens is 366 g/mol. The quantitative estimate of drug-likeness (QED) is 0.463. The summed E-state index contributed by atoms with van der Waals surface area (Å²) in [7, 11) is 0. The van der Waals surface area contributed by atoms with Crippen LogP contribution in [0.15, 0.2) is 43.0 Å². The zero-order valence-corrected chi connectivity index (χ0v) is 16.0. The Morgan fingerprint density at radius 2 is 1.89 bits per heavy atom. The van der Waals surface area contributed by atoms with Gasteiger partial charge in [-0.15, -0.1) is 0 Å². The number of carbonyl (C=O) groups is 1. The first kappa shape index (κ1) is 18.9. The number of nitriles is 1. The molecule has 8 nitrogen and oxygen atoms in total. The lowest BCUT2D eigenvalue weighted by molar-refractivity contribution is 0.0878. The molecule has 1 aromatic carbocycles. The highest BCUT2D eigenvalue weighted by atomic mass is 35.5. The van der Waals surface area contributed by atoms with E-state index >= 15 is 0 Å². The predicted octanol–water partition coefficient (Wildman–Crippen LogP) is 2.32. The molecule has 0 saturated carbocycles. The normalized spacial score (nSPS) is 17.2. The number of aromatic nitrogens is 2. The third kappa shape index (κ3) is 4.27. The zero-order valence-electron chi connectivity index (χ0n) is 15.2. The summed E-state index contributed by atoms with van der Waals surface area (Å²) in [5.41, 5.74) is 0.898. The average Bonchev–Trinajstić information content (AvgIpc) is 3.34. The maximum Gasteiger partial charge on any atom is 0.252 e. The molecule has 0 aliphatic carbocycles. The fraction of sp³-hybridized carbons (Fsp3) is 0.333. The van der Waals surface area contributed by atoms with Crippen molar-refractivity contribution < 1.29 is 4.79 Å². The summed E-state index contributed by atoms with van der Waals surface area (Å²) in [5.74, 6) is -0.224. The minimum atomic E-state index is -0.393. The Morgan fingerprint density at radius 3 is 2.44 bits per heavy atom. The molecule has 2 aromatic rings. The van der Waals surface area contributed by atoms with E-state index in [9.17, 15) is 10.1 Å². The molecule has 1 aliphatic heterocycles. The second-order valence-corrected chi connectivity index (χ2v) is 7.64. The molecule has 27 heavy (non-hydrogen) atoms. The van der Waals surface area contributed by atoms with Crippen LogP contribution in [0.5, 0.6) is 0 Å². The van der Waals surface area contributed by atoms with Gasteiger partial charge >= 0.3 is 0 Å². The number of carbonyl (C=O) groups excluding carboxylic acids is 1. The third-order valence-electron chi connectivity index (χ3n) is 4.12. The van der Waals surface area contributed by atoms with Gasteiger partial charge in [-0.05, 0) is 29.7 Å². The second kappa shape index (κ2) is 7.39. The summed E-state index contributed by atoms with van der Waals surface area (Å²) < 4.78 is 0. The fourth-order valence-corrected chi connectivity index (χ4v) is 2.69. The Morgan fingerprint density at radius 1 is 1.26 bits per heavy atom. The van der Waals surface area contributed by atoms with E-state index in [-0.39, 0.29) is 11.3 Å². The minimum absolute atomic E-state index is 0.224. The van der Waals surface area contributed by atoms with Crippen molar-refractivity contribution in [1.82, 2.24) is 25.6 Å². The van der Waals surface area contributed by atoms with E-state index in [2.05, 4.69) is 26.8 Å². The highest BCUT2D eigenvalue weighted by Gasteiger charge is 2.48. The number of nitrogens with zero attached hydrogens (tertiary/aromatic N) is 5. The van der Waals surface area contributed by atoms with Gasteiger partial charge in [0.1, 0.15) is 6.33 Å². The second-order valence-electron chi connectivity index (χ2n) is 7.21. The van der Waals surface area contributed by atoms with Gasteiger partial charge in [0.25, 0.3) is 5.91 Å². The van der Waals surface area contributed by atoms with E-state index < -0.39 is 12.5 Å². The van der Waals surface area contributed by atoms with Crippen LogP contribution >= 0.6 is 11.6 Å². The molecule has 9 heteroatoms. The van der Waals surface area contributed by atoms with Crippen LogP contribution in [-0.2, 0) is 0 Å². The van der Waals surface area contributed by atoms with Crippen LogP contribution in [0, 0.1) is 16.9 Å². The summed E-state index contributed by atoms with van der Waals surface area (Å²) in [6, 6.07) is 6.68. The van der Waals surface area contributed by atoms with Gasteiger partial charge in [-0.1, -0.05) is 32.4 Å². The molecule has 2 N–H and O–H groups in total. The molecule has 2 heterocycles. The Kier molecular flexibility index (Phi) is 5.17. The van der Waals surface area contributed by atoms with Crippen molar-refractivity contribution in [2.24, 2.45) is 5.41 Å². The molecule has 0 bridgehead atoms. The third-order valence-corrected chi connectivity index (χ3v) is 4.37. The van der Waals surface area contributed by atoms with Gasteiger partial charge in [-0.2, -0.15) is 10.3 Å². The molecule has 2 unspecified atom stereocenters. The molecule has 3 rings (SSSR count). The van der Waals surface area contributed by atoms with Crippen LogP contribution in [-0.4, -0.2) is 33.3 Å². The van der Waals surface area contributed by atoms with Crippen LogP contribution in [0.2, 0.25) is 5.02 Å². The molecule has 2 atom stereocenters. The monoisotopic (exact) mass is 385 g/mol. The molecule has 0 spiro atoms. The number of nitrogens with one attached hydrogen (secondary N) is 2. The smallest absolute Gasteiger partial charge is 0.252 e. The predicted molar refractivity (Wildman–Crippen MR) is 101 cm³/mol. The van der Waals surface area contributed by atoms with Gasteiger partial charge in [0.15, 0.2) is 0 Å². The molecule has 140 valence electrons. The highest BCUT2D eigenvalue weighted by Crippen LogP contribution is 2.31. The first-order valence-corrected chi connectivity index (χ1v) is 8.74. The summed E-state index contributed by atoms with van der Waals surface area (Å²) in [4.78, 5) is 20.6. The van der Waals surface area contributed by atoms with E-state index in [0.29, 0.717) is 16.3 Å². The van der Waals surface area contributed by atoms with Crippen LogP contribution in [0.25, 0.3) is 0 Å². The molecule has 1 amide bonds. The lowest BCUT2D eigenvalue weighted by atomic mass is 9.92. The molecule has 1 aliphatic rings. The number of amides is 1. The van der Waals surface area contributed by atoms with Crippen molar-refractivity contribution in [2.75, 3.05) is 5.01 Å². The van der Waals surface area contributed by atoms with Crippen molar-refractivity contribution in [3.63, 3.8) is 0 Å². The molecule has 0 radical (unpaired) electrons. The van der Waals surface area contributed by atoms with Gasteiger partial charge in [0.05, 0.1) is 24.2 Å². The zero-order chi connectivity index (χ0) is 19.6. The van der Waals surface area contributed by atoms with Gasteiger partial charge < -0.3 is 5.32 Å². The number of hydrogen-bond acceptors (Lipinski definition) is 7.